The van der Waals surface area contributed by atoms with E-state index in [0.717, 1.165) is 0 Å². The number of nitrogens with zero attached hydrogens (tertiary/aromatic N) is 1. The summed E-state index contributed by atoms with van der Waals surface area (Å²) in [7, 11) is 0. The average molecular weight is 319 g/mol. The first-order valence-corrected chi connectivity index (χ1v) is 5.14. The van der Waals surface area contributed by atoms with Crippen molar-refractivity contribution in [2.75, 3.05) is 0 Å². The Morgan fingerprint density at radius 3 is 2.25 bits per heavy atom. The minimum atomic E-state index is -0.913. The second kappa shape index (κ2) is 8.90. The van der Waals surface area contributed by atoms with E-state index in [4.69, 9.17) is 0 Å². The van der Waals surface area contributed by atoms with Crippen LogP contribution in [0.4, 0.5) is 0 Å². The fourth-order valence-corrected chi connectivity index (χ4v) is 1.32. The normalized spacial score (nSPS) is 8.80. The molecule has 0 fully saturated rings. The van der Waals surface area contributed by atoms with Crippen molar-refractivity contribution in [3.05, 3.63) is 59.9 Å². The molecule has 0 bridgehead atoms. The van der Waals surface area contributed by atoms with Crippen LogP contribution in [0.25, 0.3) is 0 Å². The first-order chi connectivity index (χ1) is 8.68. The Labute approximate surface area is 148 Å². The quantitative estimate of drug-likeness (QED) is 0.510. The van der Waals surface area contributed by atoms with Crippen LogP contribution in [0.1, 0.15) is 20.8 Å². The van der Waals surface area contributed by atoms with Gasteiger partial charge in [0.1, 0.15) is 17.0 Å². The van der Waals surface area contributed by atoms with E-state index >= 15 is 0 Å². The van der Waals surface area contributed by atoms with Crippen molar-refractivity contribution in [1.29, 1.82) is 0 Å². The number of hydrogen-bond donors (Lipinski definition) is 1. The van der Waals surface area contributed by atoms with Crippen molar-refractivity contribution in [3.8, 4) is 5.75 Å². The third-order valence-corrected chi connectivity index (χ3v) is 2.18. The van der Waals surface area contributed by atoms with Gasteiger partial charge in [0.05, 0.1) is 0 Å². The van der Waals surface area contributed by atoms with Gasteiger partial charge in [0.15, 0.2) is 0 Å². The molecule has 2 aromatic rings. The van der Waals surface area contributed by atoms with E-state index in [0.29, 0.717) is 0 Å². The molecular weight excluding hydrogens is 309 g/mol. The Hall–Kier alpha value is -1.16. The molecule has 2 rings (SSSR count). The first-order valence-electron chi connectivity index (χ1n) is 5.14. The summed E-state index contributed by atoms with van der Waals surface area (Å²) in [4.78, 5) is 26.9. The van der Waals surface area contributed by atoms with E-state index in [1.54, 1.807) is 24.3 Å². The number of para-hydroxylation sites is 1. The number of carbonyl (C=O) groups excluding carboxylic acids is 2. The Bertz CT molecular complexity index is 592. The van der Waals surface area contributed by atoms with Crippen LogP contribution in [0.15, 0.2) is 48.7 Å². The molecule has 20 heavy (non-hydrogen) atoms. The van der Waals surface area contributed by atoms with Gasteiger partial charge in [0, 0.05) is 23.6 Å². The number of hydrogen-bond acceptors (Lipinski definition) is 5. The molecule has 1 aromatic heterocycles. The fourth-order valence-electron chi connectivity index (χ4n) is 1.32. The van der Waals surface area contributed by atoms with E-state index in [1.165, 1.54) is 24.4 Å². The fraction of sp³-hybridized carbons (Fsp3) is 0. The molecule has 98 valence electrons. The number of benzene rings is 1. The van der Waals surface area contributed by atoms with Crippen LogP contribution in [-0.4, -0.2) is 51.6 Å². The topological polar surface area (TPSA) is 76.5 Å². The number of pyridine rings is 1. The Morgan fingerprint density at radius 1 is 1.00 bits per heavy atom. The van der Waals surface area contributed by atoms with Gasteiger partial charge < -0.3 is 9.84 Å². The van der Waals surface area contributed by atoms with Gasteiger partial charge in [-0.15, -0.1) is 0 Å². The van der Waals surface area contributed by atoms with Crippen LogP contribution in [0.3, 0.4) is 0 Å². The molecule has 1 N–H and O–H groups in total. The maximum atomic E-state index is 11.6. The number of rotatable bonds is 2. The van der Waals surface area contributed by atoms with Crippen molar-refractivity contribution >= 4 is 41.5 Å². The Kier molecular flexibility index (Phi) is 8.39. The van der Waals surface area contributed by atoms with Gasteiger partial charge in [-0.3, -0.25) is 0 Å². The standard InChI is InChI=1S/C13H9NO4.Cr.Na.H/c15-11-7-2-1-5-9(11)12(16)18-13(17)10-6-3-4-8-14-10;;;/h1-8,15H;;;. The summed E-state index contributed by atoms with van der Waals surface area (Å²) < 4.78 is 4.60. The Morgan fingerprint density at radius 2 is 1.65 bits per heavy atom. The number of esters is 2. The predicted octanol–water partition coefficient (Wildman–Crippen LogP) is 1.13. The summed E-state index contributed by atoms with van der Waals surface area (Å²) in [5.41, 5.74) is -0.0388. The van der Waals surface area contributed by atoms with E-state index in [-0.39, 0.29) is 63.9 Å². The molecule has 0 atom stereocenters. The summed E-state index contributed by atoms with van der Waals surface area (Å²) in [6, 6.07) is 10.5. The molecule has 7 heteroatoms. The first kappa shape index (κ1) is 18.8. The van der Waals surface area contributed by atoms with Crippen molar-refractivity contribution in [1.82, 2.24) is 4.98 Å². The number of aromatic hydroxyl groups is 1. The third-order valence-electron chi connectivity index (χ3n) is 2.18. The number of aromatic nitrogens is 1. The predicted molar refractivity (Wildman–Crippen MR) is 69.2 cm³/mol. The van der Waals surface area contributed by atoms with Crippen LogP contribution in [0.2, 0.25) is 0 Å². The van der Waals surface area contributed by atoms with Crippen molar-refractivity contribution in [2.24, 2.45) is 0 Å². The zero-order valence-electron chi connectivity index (χ0n) is 9.65. The summed E-state index contributed by atoms with van der Waals surface area (Å²) in [5, 5.41) is 9.44. The van der Waals surface area contributed by atoms with Gasteiger partial charge in [-0.05, 0) is 24.3 Å². The van der Waals surface area contributed by atoms with E-state index in [2.05, 4.69) is 9.72 Å². The van der Waals surface area contributed by atoms with E-state index in [1.807, 2.05) is 0 Å². The van der Waals surface area contributed by atoms with Crippen LogP contribution >= 0.6 is 0 Å². The summed E-state index contributed by atoms with van der Waals surface area (Å²) in [6.45, 7) is 0. The zero-order valence-corrected chi connectivity index (χ0v) is 10.9. The van der Waals surface area contributed by atoms with Gasteiger partial charge in [0.25, 0.3) is 0 Å². The molecule has 0 unspecified atom stereocenters. The van der Waals surface area contributed by atoms with E-state index in [9.17, 15) is 14.7 Å². The minimum absolute atomic E-state index is 0. The molecule has 5 nitrogen and oxygen atoms in total. The molecule has 0 aliphatic rings. The van der Waals surface area contributed by atoms with Crippen LogP contribution in [-0.2, 0) is 22.1 Å². The van der Waals surface area contributed by atoms with Gasteiger partial charge in [0.2, 0.25) is 0 Å². The molecule has 1 heterocycles. The summed E-state index contributed by atoms with van der Waals surface area (Å²) >= 11 is 0. The van der Waals surface area contributed by atoms with Crippen molar-refractivity contribution in [3.63, 3.8) is 0 Å². The molecule has 0 radical (unpaired) electrons. The summed E-state index contributed by atoms with van der Waals surface area (Å²) in [6.07, 6.45) is 1.42. The number of phenolic OH excluding ortho intramolecular Hbond substituents is 1. The van der Waals surface area contributed by atoms with Gasteiger partial charge in [-0.2, -0.15) is 0 Å². The number of phenols is 1. The van der Waals surface area contributed by atoms with Gasteiger partial charge in [-0.25, -0.2) is 14.6 Å². The molecule has 0 aliphatic heterocycles. The molecule has 1 aromatic carbocycles. The number of carbonyl (C=O) groups is 2. The monoisotopic (exact) mass is 319 g/mol. The average Bonchev–Trinajstić information content (AvgIpc) is 2.40. The van der Waals surface area contributed by atoms with Crippen molar-refractivity contribution in [2.45, 2.75) is 0 Å². The maximum absolute atomic E-state index is 11.6. The molecule has 0 saturated carbocycles. The molecule has 0 aliphatic carbocycles. The SMILES string of the molecule is O=C(OC(=O)c1ccccc1O)c1ccccn1.[Cr].[NaH]. The number of ether oxygens (including phenoxy) is 1. The van der Waals surface area contributed by atoms with E-state index < -0.39 is 11.9 Å². The second-order valence-corrected chi connectivity index (χ2v) is 3.41. The van der Waals surface area contributed by atoms with Crippen LogP contribution < -0.4 is 0 Å². The molecule has 0 amide bonds. The van der Waals surface area contributed by atoms with Crippen LogP contribution in [0.5, 0.6) is 5.75 Å². The molecular formula is C13H10CrNNaO4. The zero-order chi connectivity index (χ0) is 13.0. The molecule has 0 saturated heterocycles. The molecule has 0 spiro atoms. The Balaban J connectivity index is 0.00000180. The van der Waals surface area contributed by atoms with Crippen molar-refractivity contribution < 1.29 is 36.8 Å². The second-order valence-electron chi connectivity index (χ2n) is 3.41. The van der Waals surface area contributed by atoms with Gasteiger partial charge in [-0.1, -0.05) is 18.2 Å². The van der Waals surface area contributed by atoms with Crippen LogP contribution in [0, 0.1) is 0 Å². The summed E-state index contributed by atoms with van der Waals surface area (Å²) in [5.74, 6) is -2.01. The third kappa shape index (κ3) is 4.75. The van der Waals surface area contributed by atoms with Gasteiger partial charge >= 0.3 is 41.5 Å².